The van der Waals surface area contributed by atoms with Crippen molar-refractivity contribution >= 4 is 50.9 Å². The Morgan fingerprint density at radius 2 is 1.94 bits per heavy atom. The van der Waals surface area contributed by atoms with Crippen molar-refractivity contribution in [2.24, 2.45) is 0 Å². The van der Waals surface area contributed by atoms with Gasteiger partial charge in [-0.1, -0.05) is 0 Å². The van der Waals surface area contributed by atoms with Crippen LogP contribution in [0.2, 0.25) is 0 Å². The number of benzene rings is 1. The van der Waals surface area contributed by atoms with Gasteiger partial charge < -0.3 is 8.60 Å². The third-order valence-corrected chi connectivity index (χ3v) is 2.53. The van der Waals surface area contributed by atoms with E-state index < -0.39 is 16.0 Å². The first-order valence-electron chi connectivity index (χ1n) is 4.56. The van der Waals surface area contributed by atoms with Gasteiger partial charge in [0.15, 0.2) is 0 Å². The summed E-state index contributed by atoms with van der Waals surface area (Å²) in [7, 11) is -4.59. The number of fused-ring (bicyclic) bond motifs is 1. The minimum atomic E-state index is -4.59. The number of hydrogen-bond donors (Lipinski definition) is 1. The van der Waals surface area contributed by atoms with Gasteiger partial charge in [-0.3, -0.25) is 4.55 Å². The van der Waals surface area contributed by atoms with E-state index in [1.54, 1.807) is 6.92 Å². The Hall–Kier alpha value is -0.860. The molecule has 0 spiro atoms. The quantitative estimate of drug-likeness (QED) is 0.493. The summed E-state index contributed by atoms with van der Waals surface area (Å²) in [5.74, 6) is -0.131. The van der Waals surface area contributed by atoms with Crippen LogP contribution in [-0.2, 0) is 10.4 Å². The molecule has 8 heteroatoms. The Bertz CT molecular complexity index is 734. The van der Waals surface area contributed by atoms with E-state index in [1.165, 1.54) is 24.3 Å². The molecule has 2 aromatic rings. The summed E-state index contributed by atoms with van der Waals surface area (Å²) >= 11 is 0. The van der Waals surface area contributed by atoms with Crippen LogP contribution in [0.1, 0.15) is 5.56 Å². The van der Waals surface area contributed by atoms with Crippen molar-refractivity contribution in [2.45, 2.75) is 6.92 Å². The fourth-order valence-electron chi connectivity index (χ4n) is 1.48. The molecule has 1 heterocycles. The zero-order chi connectivity index (χ0) is 12.6. The molecule has 0 aliphatic rings. The van der Waals surface area contributed by atoms with Crippen molar-refractivity contribution in [1.29, 1.82) is 0 Å². The molecule has 2 rings (SSSR count). The van der Waals surface area contributed by atoms with Gasteiger partial charge in [-0.05, 0) is 24.6 Å². The first-order valence-corrected chi connectivity index (χ1v) is 5.93. The fourth-order valence-corrected chi connectivity index (χ4v) is 1.83. The Balaban J connectivity index is 0.00000162. The molecule has 6 nitrogen and oxygen atoms in total. The summed E-state index contributed by atoms with van der Waals surface area (Å²) in [5.41, 5.74) is 0.352. The van der Waals surface area contributed by atoms with Gasteiger partial charge in [0.25, 0.3) is 0 Å². The van der Waals surface area contributed by atoms with Crippen LogP contribution in [0.5, 0.6) is 5.75 Å². The predicted molar refractivity (Wildman–Crippen MR) is 66.5 cm³/mol. The van der Waals surface area contributed by atoms with E-state index in [0.29, 0.717) is 10.9 Å². The predicted octanol–water partition coefficient (Wildman–Crippen LogP) is 0.635. The van der Waals surface area contributed by atoms with Gasteiger partial charge >= 0.3 is 45.6 Å². The molecule has 0 bridgehead atoms. The molecule has 1 aromatic heterocycles. The van der Waals surface area contributed by atoms with Crippen LogP contribution in [-0.4, -0.2) is 42.5 Å². The first kappa shape index (κ1) is 15.2. The summed E-state index contributed by atoms with van der Waals surface area (Å²) < 4.78 is 38.7. The van der Waals surface area contributed by atoms with Gasteiger partial charge in [0.1, 0.15) is 11.3 Å². The molecule has 0 aliphatic carbocycles. The molecule has 92 valence electrons. The average molecular weight is 280 g/mol. The van der Waals surface area contributed by atoms with Crippen molar-refractivity contribution in [3.05, 3.63) is 40.2 Å². The van der Waals surface area contributed by atoms with Crippen LogP contribution < -0.4 is 9.81 Å². The van der Waals surface area contributed by atoms with E-state index in [4.69, 9.17) is 8.97 Å². The molecule has 0 saturated heterocycles. The van der Waals surface area contributed by atoms with E-state index in [2.05, 4.69) is 4.18 Å². The van der Waals surface area contributed by atoms with Crippen molar-refractivity contribution in [1.82, 2.24) is 0 Å². The second kappa shape index (κ2) is 5.41. The molecule has 18 heavy (non-hydrogen) atoms. The second-order valence-corrected chi connectivity index (χ2v) is 4.44. The number of aryl methyl sites for hydroxylation is 1. The van der Waals surface area contributed by atoms with Gasteiger partial charge in [0, 0.05) is 17.5 Å². The van der Waals surface area contributed by atoms with E-state index in [9.17, 15) is 13.2 Å². The van der Waals surface area contributed by atoms with Crippen molar-refractivity contribution in [3.63, 3.8) is 0 Å². The third-order valence-electron chi connectivity index (χ3n) is 2.12. The first-order chi connectivity index (χ1) is 7.85. The van der Waals surface area contributed by atoms with Gasteiger partial charge in [0.05, 0.1) is 0 Å². The van der Waals surface area contributed by atoms with E-state index >= 15 is 0 Å². The summed E-state index contributed by atoms with van der Waals surface area (Å²) in [6.45, 7) is 1.72. The minimum absolute atomic E-state index is 0. The Kier molecular flexibility index (Phi) is 4.57. The van der Waals surface area contributed by atoms with Crippen LogP contribution in [0.4, 0.5) is 0 Å². The van der Waals surface area contributed by atoms with Crippen molar-refractivity contribution < 1.29 is 21.6 Å². The van der Waals surface area contributed by atoms with Crippen LogP contribution in [0.15, 0.2) is 33.5 Å². The van der Waals surface area contributed by atoms with Crippen molar-refractivity contribution in [2.75, 3.05) is 0 Å². The standard InChI is InChI=1S/C10H8O6S.Na.H/c1-6-4-10(11)15-9-5-7(2-3-8(6)9)16-17(12,13)14;;/h2-5H,1H3,(H,12,13,14);;. The molecule has 0 unspecified atom stereocenters. The maximum absolute atomic E-state index is 11.1. The van der Waals surface area contributed by atoms with E-state index in [-0.39, 0.29) is 40.9 Å². The van der Waals surface area contributed by atoms with Gasteiger partial charge in [-0.2, -0.15) is 8.42 Å². The Labute approximate surface area is 125 Å². The molecule has 0 radical (unpaired) electrons. The fraction of sp³-hybridized carbons (Fsp3) is 0.100. The van der Waals surface area contributed by atoms with Gasteiger partial charge in [-0.15, -0.1) is 0 Å². The molecule has 0 amide bonds. The molecule has 1 N–H and O–H groups in total. The van der Waals surface area contributed by atoms with Crippen LogP contribution in [0.3, 0.4) is 0 Å². The summed E-state index contributed by atoms with van der Waals surface area (Å²) in [4.78, 5) is 11.1. The topological polar surface area (TPSA) is 93.8 Å². The van der Waals surface area contributed by atoms with Crippen LogP contribution >= 0.6 is 0 Å². The summed E-state index contributed by atoms with van der Waals surface area (Å²) in [6, 6.07) is 5.43. The zero-order valence-electron chi connectivity index (χ0n) is 8.71. The molecular weight excluding hydrogens is 271 g/mol. The van der Waals surface area contributed by atoms with Crippen LogP contribution in [0, 0.1) is 6.92 Å². The molecule has 0 saturated carbocycles. The maximum atomic E-state index is 11.1. The SMILES string of the molecule is Cc1cc(=O)oc2cc(OS(=O)(=O)O)ccc12.[NaH]. The van der Waals surface area contributed by atoms with E-state index in [0.717, 1.165) is 0 Å². The molecule has 0 aliphatic heterocycles. The Morgan fingerprint density at radius 1 is 1.28 bits per heavy atom. The third kappa shape index (κ3) is 3.56. The molecule has 0 atom stereocenters. The second-order valence-electron chi connectivity index (χ2n) is 3.42. The molecule has 1 aromatic carbocycles. The monoisotopic (exact) mass is 280 g/mol. The van der Waals surface area contributed by atoms with Gasteiger partial charge in [-0.25, -0.2) is 4.79 Å². The summed E-state index contributed by atoms with van der Waals surface area (Å²) in [5, 5.41) is 0.660. The normalized spacial score (nSPS) is 11.0. The van der Waals surface area contributed by atoms with Gasteiger partial charge in [0.2, 0.25) is 0 Å². The number of hydrogen-bond acceptors (Lipinski definition) is 5. The molecular formula is C10H9NaO6S. The zero-order valence-corrected chi connectivity index (χ0v) is 9.52. The number of rotatable bonds is 2. The molecule has 0 fully saturated rings. The van der Waals surface area contributed by atoms with E-state index in [1.807, 2.05) is 0 Å². The Morgan fingerprint density at radius 3 is 2.56 bits per heavy atom. The summed E-state index contributed by atoms with van der Waals surface area (Å²) in [6.07, 6.45) is 0. The average Bonchev–Trinajstić information content (AvgIpc) is 2.13. The van der Waals surface area contributed by atoms with Crippen LogP contribution in [0.25, 0.3) is 11.0 Å². The van der Waals surface area contributed by atoms with Crippen molar-refractivity contribution in [3.8, 4) is 5.75 Å².